The van der Waals surface area contributed by atoms with E-state index in [0.29, 0.717) is 24.7 Å². The maximum atomic E-state index is 10.6. The van der Waals surface area contributed by atoms with E-state index in [1.165, 1.54) is 5.56 Å². The Morgan fingerprint density at radius 1 is 0.952 bits per heavy atom. The van der Waals surface area contributed by atoms with E-state index in [0.717, 1.165) is 17.8 Å². The molecule has 0 aliphatic rings. The monoisotopic (exact) mass is 284 g/mol. The first kappa shape index (κ1) is 15.1. The van der Waals surface area contributed by atoms with Crippen molar-refractivity contribution in [1.82, 2.24) is 0 Å². The molecule has 0 bridgehead atoms. The maximum absolute atomic E-state index is 10.6. The molecular weight excluding hydrogens is 264 g/mol. The SMILES string of the molecule is CC(C)c1ccccc1OCCOc1ccc(C=O)cc1. The molecule has 2 aromatic rings. The number of para-hydroxylation sites is 1. The van der Waals surface area contributed by atoms with Gasteiger partial charge in [0, 0.05) is 5.56 Å². The second-order valence-corrected chi connectivity index (χ2v) is 5.08. The van der Waals surface area contributed by atoms with Crippen molar-refractivity contribution in [3.63, 3.8) is 0 Å². The van der Waals surface area contributed by atoms with Gasteiger partial charge >= 0.3 is 0 Å². The van der Waals surface area contributed by atoms with Crippen molar-refractivity contribution in [2.75, 3.05) is 13.2 Å². The predicted molar refractivity (Wildman–Crippen MR) is 83.4 cm³/mol. The third-order valence-electron chi connectivity index (χ3n) is 3.17. The normalized spacial score (nSPS) is 10.4. The lowest BCUT2D eigenvalue weighted by atomic mass is 10.0. The highest BCUT2D eigenvalue weighted by atomic mass is 16.5. The highest BCUT2D eigenvalue weighted by molar-refractivity contribution is 5.74. The largest absolute Gasteiger partial charge is 0.490 e. The molecule has 3 nitrogen and oxygen atoms in total. The minimum absolute atomic E-state index is 0.429. The van der Waals surface area contributed by atoms with Gasteiger partial charge in [-0.15, -0.1) is 0 Å². The van der Waals surface area contributed by atoms with E-state index in [4.69, 9.17) is 9.47 Å². The van der Waals surface area contributed by atoms with Crippen molar-refractivity contribution in [3.05, 3.63) is 59.7 Å². The van der Waals surface area contributed by atoms with E-state index in [2.05, 4.69) is 19.9 Å². The lowest BCUT2D eigenvalue weighted by Gasteiger charge is -2.14. The fourth-order valence-electron chi connectivity index (χ4n) is 2.04. The van der Waals surface area contributed by atoms with Crippen LogP contribution in [0.15, 0.2) is 48.5 Å². The first-order valence-corrected chi connectivity index (χ1v) is 7.10. The zero-order valence-electron chi connectivity index (χ0n) is 12.4. The third-order valence-corrected chi connectivity index (χ3v) is 3.17. The number of carbonyl (C=O) groups excluding carboxylic acids is 1. The van der Waals surface area contributed by atoms with Gasteiger partial charge in [0.05, 0.1) is 0 Å². The first-order chi connectivity index (χ1) is 10.2. The fraction of sp³-hybridized carbons (Fsp3) is 0.278. The lowest BCUT2D eigenvalue weighted by molar-refractivity contribution is 0.112. The van der Waals surface area contributed by atoms with Gasteiger partial charge in [0.15, 0.2) is 0 Å². The average molecular weight is 284 g/mol. The van der Waals surface area contributed by atoms with Gasteiger partial charge in [0.2, 0.25) is 0 Å². The summed E-state index contributed by atoms with van der Waals surface area (Å²) in [6, 6.07) is 15.1. The van der Waals surface area contributed by atoms with Crippen LogP contribution in [0.3, 0.4) is 0 Å². The number of benzene rings is 2. The molecule has 0 saturated carbocycles. The van der Waals surface area contributed by atoms with Gasteiger partial charge in [-0.2, -0.15) is 0 Å². The van der Waals surface area contributed by atoms with Crippen molar-refractivity contribution in [2.45, 2.75) is 19.8 Å². The summed E-state index contributed by atoms with van der Waals surface area (Å²) in [6.45, 7) is 5.24. The van der Waals surface area contributed by atoms with Crippen LogP contribution in [0.25, 0.3) is 0 Å². The molecule has 0 saturated heterocycles. The Kier molecular flexibility index (Phi) is 5.38. The molecule has 21 heavy (non-hydrogen) atoms. The van der Waals surface area contributed by atoms with Crippen molar-refractivity contribution < 1.29 is 14.3 Å². The first-order valence-electron chi connectivity index (χ1n) is 7.10. The Morgan fingerprint density at radius 2 is 1.62 bits per heavy atom. The van der Waals surface area contributed by atoms with E-state index in [1.807, 2.05) is 18.2 Å². The van der Waals surface area contributed by atoms with Crippen LogP contribution < -0.4 is 9.47 Å². The smallest absolute Gasteiger partial charge is 0.150 e. The molecule has 2 rings (SSSR count). The van der Waals surface area contributed by atoms with Crippen molar-refractivity contribution in [1.29, 1.82) is 0 Å². The molecule has 0 aromatic heterocycles. The van der Waals surface area contributed by atoms with Gasteiger partial charge in [-0.05, 0) is 41.8 Å². The van der Waals surface area contributed by atoms with Crippen LogP contribution in [0, 0.1) is 0 Å². The highest BCUT2D eigenvalue weighted by Crippen LogP contribution is 2.25. The highest BCUT2D eigenvalue weighted by Gasteiger charge is 2.06. The molecule has 0 atom stereocenters. The molecule has 0 radical (unpaired) electrons. The standard InChI is InChI=1S/C18H20O3/c1-14(2)17-5-3-4-6-18(17)21-12-11-20-16-9-7-15(13-19)8-10-16/h3-10,13-14H,11-12H2,1-2H3. The summed E-state index contributed by atoms with van der Waals surface area (Å²) in [6.07, 6.45) is 0.815. The van der Waals surface area contributed by atoms with Gasteiger partial charge in [-0.25, -0.2) is 0 Å². The quantitative estimate of drug-likeness (QED) is 0.567. The summed E-state index contributed by atoms with van der Waals surface area (Å²) in [4.78, 5) is 10.6. The molecule has 0 N–H and O–H groups in total. The Balaban J connectivity index is 1.83. The topological polar surface area (TPSA) is 35.5 Å². The summed E-state index contributed by atoms with van der Waals surface area (Å²) in [5.74, 6) is 2.08. The molecule has 0 heterocycles. The van der Waals surface area contributed by atoms with Crippen LogP contribution in [0.4, 0.5) is 0 Å². The molecule has 0 fully saturated rings. The summed E-state index contributed by atoms with van der Waals surface area (Å²) < 4.78 is 11.4. The molecule has 0 amide bonds. The Morgan fingerprint density at radius 3 is 2.29 bits per heavy atom. The molecule has 0 unspecified atom stereocenters. The van der Waals surface area contributed by atoms with Crippen LogP contribution >= 0.6 is 0 Å². The number of carbonyl (C=O) groups is 1. The van der Waals surface area contributed by atoms with Crippen LogP contribution in [-0.4, -0.2) is 19.5 Å². The second kappa shape index (κ2) is 7.48. The van der Waals surface area contributed by atoms with Gasteiger partial charge in [-0.3, -0.25) is 4.79 Å². The minimum atomic E-state index is 0.429. The van der Waals surface area contributed by atoms with E-state index in [1.54, 1.807) is 24.3 Å². The molecule has 0 aliphatic heterocycles. The number of ether oxygens (including phenoxy) is 2. The van der Waals surface area contributed by atoms with E-state index in [-0.39, 0.29) is 0 Å². The molecule has 3 heteroatoms. The summed E-state index contributed by atoms with van der Waals surface area (Å²) >= 11 is 0. The summed E-state index contributed by atoms with van der Waals surface area (Å²) in [5.41, 5.74) is 1.84. The van der Waals surface area contributed by atoms with Gasteiger partial charge in [0.1, 0.15) is 31.0 Å². The van der Waals surface area contributed by atoms with Gasteiger partial charge in [0.25, 0.3) is 0 Å². The third kappa shape index (κ3) is 4.35. The van der Waals surface area contributed by atoms with E-state index >= 15 is 0 Å². The zero-order chi connectivity index (χ0) is 15.1. The maximum Gasteiger partial charge on any atom is 0.150 e. The number of aldehydes is 1. The van der Waals surface area contributed by atoms with Gasteiger partial charge in [-0.1, -0.05) is 32.0 Å². The van der Waals surface area contributed by atoms with Crippen LogP contribution in [0.2, 0.25) is 0 Å². The fourth-order valence-corrected chi connectivity index (χ4v) is 2.04. The molecule has 0 aliphatic carbocycles. The molecule has 110 valence electrons. The van der Waals surface area contributed by atoms with E-state index < -0.39 is 0 Å². The molecule has 0 spiro atoms. The Hall–Kier alpha value is -2.29. The van der Waals surface area contributed by atoms with Gasteiger partial charge < -0.3 is 9.47 Å². The van der Waals surface area contributed by atoms with Crippen LogP contribution in [0.5, 0.6) is 11.5 Å². The zero-order valence-corrected chi connectivity index (χ0v) is 12.4. The summed E-state index contributed by atoms with van der Waals surface area (Å²) in [7, 11) is 0. The predicted octanol–water partition coefficient (Wildman–Crippen LogP) is 4.08. The Bertz CT molecular complexity index is 573. The van der Waals surface area contributed by atoms with Crippen molar-refractivity contribution >= 4 is 6.29 Å². The second-order valence-electron chi connectivity index (χ2n) is 5.08. The van der Waals surface area contributed by atoms with E-state index in [9.17, 15) is 4.79 Å². The van der Waals surface area contributed by atoms with Crippen molar-refractivity contribution in [2.24, 2.45) is 0 Å². The number of hydrogen-bond acceptors (Lipinski definition) is 3. The van der Waals surface area contributed by atoms with Crippen LogP contribution in [0.1, 0.15) is 35.7 Å². The average Bonchev–Trinajstić information content (AvgIpc) is 2.52. The number of rotatable bonds is 7. The number of hydrogen-bond donors (Lipinski definition) is 0. The molecular formula is C18H20O3. The summed E-state index contributed by atoms with van der Waals surface area (Å²) in [5, 5.41) is 0. The van der Waals surface area contributed by atoms with Crippen molar-refractivity contribution in [3.8, 4) is 11.5 Å². The lowest BCUT2D eigenvalue weighted by Crippen LogP contribution is -2.10. The minimum Gasteiger partial charge on any atom is -0.490 e. The van der Waals surface area contributed by atoms with Crippen LogP contribution in [-0.2, 0) is 0 Å². The molecule has 2 aromatic carbocycles. The Labute approximate surface area is 125 Å².